The molecular formula is C13H19N5. The van der Waals surface area contributed by atoms with Crippen molar-refractivity contribution in [2.75, 3.05) is 32.7 Å². The van der Waals surface area contributed by atoms with Gasteiger partial charge in [-0.2, -0.15) is 0 Å². The molecule has 96 valence electrons. The highest BCUT2D eigenvalue weighted by Gasteiger charge is 2.10. The van der Waals surface area contributed by atoms with Gasteiger partial charge in [0.25, 0.3) is 0 Å². The Morgan fingerprint density at radius 2 is 2.11 bits per heavy atom. The summed E-state index contributed by atoms with van der Waals surface area (Å²) in [5, 5.41) is 3.37. The Morgan fingerprint density at radius 3 is 2.89 bits per heavy atom. The van der Waals surface area contributed by atoms with E-state index >= 15 is 0 Å². The minimum absolute atomic E-state index is 0.987. The van der Waals surface area contributed by atoms with Crippen molar-refractivity contribution in [2.24, 2.45) is 0 Å². The fourth-order valence-corrected chi connectivity index (χ4v) is 2.32. The Bertz CT molecular complexity index is 467. The zero-order valence-electron chi connectivity index (χ0n) is 10.4. The van der Waals surface area contributed by atoms with Gasteiger partial charge in [0.15, 0.2) is 0 Å². The van der Waals surface area contributed by atoms with E-state index in [1.165, 1.54) is 0 Å². The first-order valence-electron chi connectivity index (χ1n) is 6.52. The summed E-state index contributed by atoms with van der Waals surface area (Å²) in [6.45, 7) is 5.57. The van der Waals surface area contributed by atoms with E-state index in [1.54, 1.807) is 0 Å². The Morgan fingerprint density at radius 1 is 1.22 bits per heavy atom. The summed E-state index contributed by atoms with van der Waals surface area (Å²) in [6, 6.07) is 4.05. The fraction of sp³-hybridized carbons (Fsp3) is 0.462. The predicted octanol–water partition coefficient (Wildman–Crippen LogP) is 0.852. The lowest BCUT2D eigenvalue weighted by molar-refractivity contribution is 0.242. The van der Waals surface area contributed by atoms with Crippen LogP contribution in [0.3, 0.4) is 0 Å². The van der Waals surface area contributed by atoms with Crippen LogP contribution in [0.5, 0.6) is 0 Å². The molecule has 1 aliphatic heterocycles. The van der Waals surface area contributed by atoms with Crippen LogP contribution in [0, 0.1) is 0 Å². The molecular weight excluding hydrogens is 226 g/mol. The number of piperazine rings is 1. The Balaban J connectivity index is 1.57. The summed E-state index contributed by atoms with van der Waals surface area (Å²) in [6.07, 6.45) is 4.82. The van der Waals surface area contributed by atoms with Crippen LogP contribution in [-0.2, 0) is 6.42 Å². The van der Waals surface area contributed by atoms with E-state index in [4.69, 9.17) is 0 Å². The molecule has 0 atom stereocenters. The second kappa shape index (κ2) is 5.37. The summed E-state index contributed by atoms with van der Waals surface area (Å²) < 4.78 is 0. The molecule has 1 saturated heterocycles. The molecule has 5 nitrogen and oxygen atoms in total. The van der Waals surface area contributed by atoms with Crippen molar-refractivity contribution in [2.45, 2.75) is 6.42 Å². The van der Waals surface area contributed by atoms with Crippen LogP contribution in [0.2, 0.25) is 0 Å². The molecule has 0 aromatic carbocycles. The fourth-order valence-electron chi connectivity index (χ4n) is 2.32. The van der Waals surface area contributed by atoms with Gasteiger partial charge in [-0.15, -0.1) is 0 Å². The lowest BCUT2D eigenvalue weighted by Crippen LogP contribution is -2.44. The van der Waals surface area contributed by atoms with Crippen LogP contribution in [0.4, 0.5) is 0 Å². The lowest BCUT2D eigenvalue weighted by Gasteiger charge is -2.26. The van der Waals surface area contributed by atoms with Gasteiger partial charge in [0.2, 0.25) is 0 Å². The third-order valence-corrected chi connectivity index (χ3v) is 3.39. The normalized spacial score (nSPS) is 17.1. The van der Waals surface area contributed by atoms with Crippen LogP contribution in [-0.4, -0.2) is 52.6 Å². The number of hydrogen-bond acceptors (Lipinski definition) is 3. The van der Waals surface area contributed by atoms with Crippen molar-refractivity contribution in [1.29, 1.82) is 0 Å². The Hall–Kier alpha value is -1.59. The number of hydrogen-bond donors (Lipinski definition) is 3. The van der Waals surface area contributed by atoms with Crippen molar-refractivity contribution >= 4 is 0 Å². The average molecular weight is 245 g/mol. The number of nitrogens with zero attached hydrogens (tertiary/aromatic N) is 2. The lowest BCUT2D eigenvalue weighted by atomic mass is 10.3. The van der Waals surface area contributed by atoms with Gasteiger partial charge in [-0.25, -0.2) is 4.98 Å². The van der Waals surface area contributed by atoms with Gasteiger partial charge in [-0.05, 0) is 12.1 Å². The minimum Gasteiger partial charge on any atom is -0.360 e. The maximum Gasteiger partial charge on any atom is 0.107 e. The van der Waals surface area contributed by atoms with Crippen molar-refractivity contribution in [3.8, 4) is 11.4 Å². The highest BCUT2D eigenvalue weighted by molar-refractivity contribution is 5.53. The van der Waals surface area contributed by atoms with Gasteiger partial charge in [0.1, 0.15) is 5.82 Å². The highest BCUT2D eigenvalue weighted by Crippen LogP contribution is 2.14. The summed E-state index contributed by atoms with van der Waals surface area (Å²) in [5.41, 5.74) is 2.16. The van der Waals surface area contributed by atoms with Crippen molar-refractivity contribution in [3.63, 3.8) is 0 Å². The molecule has 2 aromatic rings. The molecule has 2 aromatic heterocycles. The molecule has 0 spiro atoms. The minimum atomic E-state index is 0.987. The molecule has 3 N–H and O–H groups in total. The van der Waals surface area contributed by atoms with Gasteiger partial charge >= 0.3 is 0 Å². The van der Waals surface area contributed by atoms with E-state index in [2.05, 4.69) is 25.2 Å². The molecule has 0 bridgehead atoms. The molecule has 1 fully saturated rings. The van der Waals surface area contributed by atoms with E-state index in [0.717, 1.165) is 56.4 Å². The molecule has 1 aliphatic rings. The monoisotopic (exact) mass is 245 g/mol. The van der Waals surface area contributed by atoms with Crippen molar-refractivity contribution < 1.29 is 0 Å². The standard InChI is InChI=1S/C13H19N5/c1-2-11(15-4-1)12-10-16-13(17-12)3-7-18-8-5-14-6-9-18/h1-2,4,10,14-15H,3,5-9H2,(H,16,17). The van der Waals surface area contributed by atoms with Gasteiger partial charge in [-0.1, -0.05) is 0 Å². The van der Waals surface area contributed by atoms with Crippen LogP contribution >= 0.6 is 0 Å². The zero-order chi connectivity index (χ0) is 12.2. The predicted molar refractivity (Wildman–Crippen MR) is 71.4 cm³/mol. The SMILES string of the molecule is c1c[nH]c(-c2cnc(CCN3CCNCC3)[nH]2)c1. The molecule has 18 heavy (non-hydrogen) atoms. The van der Waals surface area contributed by atoms with Gasteiger partial charge in [0, 0.05) is 45.3 Å². The Labute approximate surface area is 107 Å². The van der Waals surface area contributed by atoms with Crippen molar-refractivity contribution in [3.05, 3.63) is 30.4 Å². The summed E-state index contributed by atoms with van der Waals surface area (Å²) >= 11 is 0. The number of nitrogens with one attached hydrogen (secondary N) is 3. The quantitative estimate of drug-likeness (QED) is 0.748. The molecule has 5 heteroatoms. The summed E-state index contributed by atoms with van der Waals surface area (Å²) in [5.74, 6) is 1.07. The highest BCUT2D eigenvalue weighted by atomic mass is 15.2. The van der Waals surface area contributed by atoms with E-state index in [-0.39, 0.29) is 0 Å². The molecule has 0 saturated carbocycles. The second-order valence-corrected chi connectivity index (χ2v) is 4.67. The first-order chi connectivity index (χ1) is 8.92. The molecule has 0 radical (unpaired) electrons. The van der Waals surface area contributed by atoms with E-state index < -0.39 is 0 Å². The van der Waals surface area contributed by atoms with Crippen LogP contribution < -0.4 is 5.32 Å². The third-order valence-electron chi connectivity index (χ3n) is 3.39. The largest absolute Gasteiger partial charge is 0.360 e. The maximum absolute atomic E-state index is 4.44. The summed E-state index contributed by atoms with van der Waals surface area (Å²) in [4.78, 5) is 13.5. The van der Waals surface area contributed by atoms with E-state index in [1.807, 2.05) is 24.5 Å². The van der Waals surface area contributed by atoms with Crippen molar-refractivity contribution in [1.82, 2.24) is 25.2 Å². The number of aromatic nitrogens is 3. The number of rotatable bonds is 4. The molecule has 3 rings (SSSR count). The Kier molecular flexibility index (Phi) is 3.43. The average Bonchev–Trinajstić information content (AvgIpc) is 3.08. The number of aromatic amines is 2. The third kappa shape index (κ3) is 2.63. The molecule has 3 heterocycles. The second-order valence-electron chi connectivity index (χ2n) is 4.67. The first kappa shape index (κ1) is 11.5. The van der Waals surface area contributed by atoms with E-state index in [9.17, 15) is 0 Å². The van der Waals surface area contributed by atoms with Crippen LogP contribution in [0.25, 0.3) is 11.4 Å². The van der Waals surface area contributed by atoms with Gasteiger partial charge in [-0.3, -0.25) is 0 Å². The smallest absolute Gasteiger partial charge is 0.107 e. The number of H-pyrrole nitrogens is 2. The van der Waals surface area contributed by atoms with Gasteiger partial charge < -0.3 is 20.2 Å². The summed E-state index contributed by atoms with van der Waals surface area (Å²) in [7, 11) is 0. The molecule has 0 amide bonds. The first-order valence-corrected chi connectivity index (χ1v) is 6.52. The topological polar surface area (TPSA) is 59.7 Å². The van der Waals surface area contributed by atoms with Crippen LogP contribution in [0.1, 0.15) is 5.82 Å². The number of imidazole rings is 1. The van der Waals surface area contributed by atoms with Gasteiger partial charge in [0.05, 0.1) is 17.6 Å². The zero-order valence-corrected chi connectivity index (χ0v) is 10.4. The molecule has 0 aliphatic carbocycles. The van der Waals surface area contributed by atoms with Crippen LogP contribution in [0.15, 0.2) is 24.5 Å². The van der Waals surface area contributed by atoms with E-state index in [0.29, 0.717) is 0 Å². The molecule has 0 unspecified atom stereocenters. The maximum atomic E-state index is 4.44.